The van der Waals surface area contributed by atoms with E-state index < -0.39 is 0 Å². The lowest BCUT2D eigenvalue weighted by Gasteiger charge is -2.12. The molecule has 3 aromatic rings. The Morgan fingerprint density at radius 3 is 2.80 bits per heavy atom. The van der Waals surface area contributed by atoms with Gasteiger partial charge >= 0.3 is 0 Å². The second kappa shape index (κ2) is 8.44. The largest absolute Gasteiger partial charge is 0.492 e. The fourth-order valence-corrected chi connectivity index (χ4v) is 2.50. The van der Waals surface area contributed by atoms with Crippen LogP contribution < -0.4 is 10.1 Å². The number of pyridine rings is 1. The van der Waals surface area contributed by atoms with Crippen molar-refractivity contribution in [3.8, 4) is 5.75 Å². The van der Waals surface area contributed by atoms with Gasteiger partial charge in [-0.3, -0.25) is 9.78 Å². The monoisotopic (exact) mass is 395 g/mol. The molecule has 0 saturated carbocycles. The second-order valence-electron chi connectivity index (χ2n) is 5.21. The molecule has 0 spiro atoms. The molecule has 0 amide bonds. The molecule has 0 bridgehead atoms. The van der Waals surface area contributed by atoms with Crippen LogP contribution in [0, 0.1) is 6.07 Å². The molecule has 1 heterocycles. The number of nitrogens with one attached hydrogen (secondary N) is 1. The number of alkyl halides is 1. The Bertz CT molecular complexity index is 853. The summed E-state index contributed by atoms with van der Waals surface area (Å²) in [5, 5.41) is 4.00. The van der Waals surface area contributed by atoms with Crippen LogP contribution in [0.5, 0.6) is 5.75 Å². The highest BCUT2D eigenvalue weighted by atomic mass is 79.9. The third-order valence-electron chi connectivity index (χ3n) is 3.47. The SMILES string of the molecule is O=C(c1cccnc1)c1ccccc1Nc1[c]c(OCCBr)ccc1. The normalized spacial score (nSPS) is 10.3. The third kappa shape index (κ3) is 4.45. The van der Waals surface area contributed by atoms with Gasteiger partial charge in [0.1, 0.15) is 5.75 Å². The highest BCUT2D eigenvalue weighted by Gasteiger charge is 2.13. The minimum atomic E-state index is -0.0807. The van der Waals surface area contributed by atoms with Crippen molar-refractivity contribution in [2.75, 3.05) is 17.3 Å². The average Bonchev–Trinajstić information content (AvgIpc) is 2.67. The summed E-state index contributed by atoms with van der Waals surface area (Å²) in [5.74, 6) is 0.573. The van der Waals surface area contributed by atoms with Gasteiger partial charge in [0.05, 0.1) is 18.4 Å². The maximum absolute atomic E-state index is 12.7. The zero-order valence-electron chi connectivity index (χ0n) is 13.4. The zero-order chi connectivity index (χ0) is 17.5. The Balaban J connectivity index is 1.85. The topological polar surface area (TPSA) is 51.2 Å². The van der Waals surface area contributed by atoms with E-state index in [4.69, 9.17) is 4.74 Å². The number of hydrogen-bond donors (Lipinski definition) is 1. The summed E-state index contributed by atoms with van der Waals surface area (Å²) in [7, 11) is 0. The van der Waals surface area contributed by atoms with E-state index in [2.05, 4.69) is 32.3 Å². The van der Waals surface area contributed by atoms with Crippen molar-refractivity contribution in [1.29, 1.82) is 0 Å². The predicted octanol–water partition coefficient (Wildman–Crippen LogP) is 4.63. The molecule has 0 aliphatic heterocycles. The molecule has 0 saturated heterocycles. The number of para-hydroxylation sites is 1. The van der Waals surface area contributed by atoms with Crippen LogP contribution in [-0.2, 0) is 0 Å². The van der Waals surface area contributed by atoms with Gasteiger partial charge in [0.15, 0.2) is 5.78 Å². The summed E-state index contributed by atoms with van der Waals surface area (Å²) >= 11 is 3.33. The average molecular weight is 396 g/mol. The van der Waals surface area contributed by atoms with Crippen molar-refractivity contribution in [2.24, 2.45) is 0 Å². The fourth-order valence-electron chi connectivity index (χ4n) is 2.34. The summed E-state index contributed by atoms with van der Waals surface area (Å²) in [6, 6.07) is 19.7. The number of carbonyl (C=O) groups excluding carboxylic acids is 1. The van der Waals surface area contributed by atoms with Crippen LogP contribution in [0.4, 0.5) is 11.4 Å². The molecule has 0 unspecified atom stereocenters. The number of benzene rings is 2. The maximum atomic E-state index is 12.7. The van der Waals surface area contributed by atoms with E-state index in [0.29, 0.717) is 29.2 Å². The first-order valence-electron chi connectivity index (χ1n) is 7.80. The first kappa shape index (κ1) is 17.2. The van der Waals surface area contributed by atoms with Gasteiger partial charge in [0, 0.05) is 34.5 Å². The number of anilines is 2. The van der Waals surface area contributed by atoms with Crippen LogP contribution in [0.2, 0.25) is 0 Å². The van der Waals surface area contributed by atoms with Crippen molar-refractivity contribution < 1.29 is 9.53 Å². The number of halogens is 1. The Hall–Kier alpha value is -2.66. The highest BCUT2D eigenvalue weighted by Crippen LogP contribution is 2.25. The molecule has 5 heteroatoms. The van der Waals surface area contributed by atoms with E-state index in [-0.39, 0.29) is 5.78 Å². The quantitative estimate of drug-likeness (QED) is 0.467. The Morgan fingerprint density at radius 1 is 1.12 bits per heavy atom. The lowest BCUT2D eigenvalue weighted by Crippen LogP contribution is -2.06. The van der Waals surface area contributed by atoms with Gasteiger partial charge in [-0.05, 0) is 36.4 Å². The van der Waals surface area contributed by atoms with E-state index in [1.165, 1.54) is 0 Å². The predicted molar refractivity (Wildman–Crippen MR) is 102 cm³/mol. The van der Waals surface area contributed by atoms with Gasteiger partial charge in [0.25, 0.3) is 0 Å². The van der Waals surface area contributed by atoms with Crippen LogP contribution >= 0.6 is 15.9 Å². The van der Waals surface area contributed by atoms with E-state index in [1.54, 1.807) is 30.6 Å². The lowest BCUT2D eigenvalue weighted by molar-refractivity contribution is 0.103. The van der Waals surface area contributed by atoms with Gasteiger partial charge in [-0.25, -0.2) is 0 Å². The van der Waals surface area contributed by atoms with E-state index in [9.17, 15) is 4.79 Å². The van der Waals surface area contributed by atoms with Gasteiger partial charge < -0.3 is 10.1 Å². The van der Waals surface area contributed by atoms with Gasteiger partial charge in [-0.2, -0.15) is 0 Å². The highest BCUT2D eigenvalue weighted by molar-refractivity contribution is 9.09. The number of rotatable bonds is 7. The summed E-state index contributed by atoms with van der Waals surface area (Å²) < 4.78 is 5.56. The van der Waals surface area contributed by atoms with Crippen molar-refractivity contribution in [3.05, 3.63) is 84.2 Å². The van der Waals surface area contributed by atoms with Crippen LogP contribution in [0.1, 0.15) is 15.9 Å². The smallest absolute Gasteiger partial charge is 0.196 e. The van der Waals surface area contributed by atoms with Crippen molar-refractivity contribution in [3.63, 3.8) is 0 Å². The molecule has 125 valence electrons. The number of carbonyl (C=O) groups is 1. The molecular weight excluding hydrogens is 380 g/mol. The summed E-state index contributed by atoms with van der Waals surface area (Å²) in [6.07, 6.45) is 3.22. The molecule has 0 fully saturated rings. The molecule has 25 heavy (non-hydrogen) atoms. The molecule has 3 rings (SSSR count). The number of ether oxygens (including phenoxy) is 1. The van der Waals surface area contributed by atoms with Crippen molar-refractivity contribution >= 4 is 33.1 Å². The molecule has 1 aromatic heterocycles. The van der Waals surface area contributed by atoms with Crippen LogP contribution in [0.15, 0.2) is 67.0 Å². The van der Waals surface area contributed by atoms with Crippen LogP contribution in [0.3, 0.4) is 0 Å². The fraction of sp³-hybridized carbons (Fsp3) is 0.100. The second-order valence-corrected chi connectivity index (χ2v) is 6.00. The molecule has 0 aliphatic carbocycles. The van der Waals surface area contributed by atoms with Crippen LogP contribution in [0.25, 0.3) is 0 Å². The number of nitrogens with zero attached hydrogens (tertiary/aromatic N) is 1. The standard InChI is InChI=1S/C20H16BrN2O2/c21-10-12-25-17-7-3-6-16(13-17)23-19-9-2-1-8-18(19)20(24)15-5-4-11-22-14-15/h1-9,11,14,23H,10,12H2. The van der Waals surface area contributed by atoms with Gasteiger partial charge in [-0.15, -0.1) is 0 Å². The minimum Gasteiger partial charge on any atom is -0.492 e. The number of aromatic nitrogens is 1. The molecular formula is C20H16BrN2O2. The zero-order valence-corrected chi connectivity index (χ0v) is 15.0. The van der Waals surface area contributed by atoms with Gasteiger partial charge in [0.2, 0.25) is 0 Å². The number of hydrogen-bond acceptors (Lipinski definition) is 4. The summed E-state index contributed by atoms with van der Waals surface area (Å²) in [5.41, 5.74) is 2.58. The molecule has 4 nitrogen and oxygen atoms in total. The Kier molecular flexibility index (Phi) is 5.80. The molecule has 0 atom stereocenters. The van der Waals surface area contributed by atoms with Crippen LogP contribution in [-0.4, -0.2) is 22.7 Å². The maximum Gasteiger partial charge on any atom is 0.196 e. The van der Waals surface area contributed by atoms with Crippen molar-refractivity contribution in [2.45, 2.75) is 0 Å². The summed E-state index contributed by atoms with van der Waals surface area (Å²) in [4.78, 5) is 16.8. The van der Waals surface area contributed by atoms with Gasteiger partial charge in [-0.1, -0.05) is 34.1 Å². The molecule has 0 aliphatic rings. The first-order chi connectivity index (χ1) is 12.3. The van der Waals surface area contributed by atoms with E-state index in [0.717, 1.165) is 11.0 Å². The molecule has 1 radical (unpaired) electrons. The molecule has 1 N–H and O–H groups in total. The summed E-state index contributed by atoms with van der Waals surface area (Å²) in [6.45, 7) is 0.566. The Morgan fingerprint density at radius 2 is 2.00 bits per heavy atom. The van der Waals surface area contributed by atoms with E-state index in [1.807, 2.05) is 36.4 Å². The van der Waals surface area contributed by atoms with Crippen molar-refractivity contribution in [1.82, 2.24) is 4.98 Å². The first-order valence-corrected chi connectivity index (χ1v) is 8.92. The molecule has 2 aromatic carbocycles. The lowest BCUT2D eigenvalue weighted by atomic mass is 10.0. The minimum absolute atomic E-state index is 0.0807. The number of ketones is 1. The third-order valence-corrected chi connectivity index (χ3v) is 3.79. The Labute approximate surface area is 155 Å². The van der Waals surface area contributed by atoms with E-state index >= 15 is 0 Å².